The maximum Gasteiger partial charge on any atom is 0.270 e. The van der Waals surface area contributed by atoms with Crippen LogP contribution in [0.15, 0.2) is 63.1 Å². The number of nitrogens with zero attached hydrogens (tertiary/aromatic N) is 1. The zero-order chi connectivity index (χ0) is 23.8. The van der Waals surface area contributed by atoms with Gasteiger partial charge in [-0.15, -0.1) is 0 Å². The molecule has 4 rings (SSSR count). The molecule has 33 heavy (non-hydrogen) atoms. The van der Waals surface area contributed by atoms with Crippen molar-refractivity contribution in [2.45, 2.75) is 43.7 Å². The predicted octanol–water partition coefficient (Wildman–Crippen LogP) is 2.65. The minimum Gasteiger partial charge on any atom is -0.454 e. The van der Waals surface area contributed by atoms with Crippen LogP contribution in [-0.2, 0) is 27.7 Å². The van der Waals surface area contributed by atoms with Gasteiger partial charge in [0.1, 0.15) is 11.4 Å². The summed E-state index contributed by atoms with van der Waals surface area (Å²) in [7, 11) is -4.04. The first-order chi connectivity index (χ1) is 15.7. The van der Waals surface area contributed by atoms with Gasteiger partial charge in [0.2, 0.25) is 22.5 Å². The van der Waals surface area contributed by atoms with Crippen LogP contribution in [0.2, 0.25) is 0 Å². The van der Waals surface area contributed by atoms with Crippen LogP contribution in [0.3, 0.4) is 0 Å². The van der Waals surface area contributed by atoms with Crippen LogP contribution >= 0.6 is 0 Å². The number of pyridine rings is 1. The number of amides is 1. The zero-order valence-electron chi connectivity index (χ0n) is 18.5. The first-order valence-electron chi connectivity index (χ1n) is 10.3. The van der Waals surface area contributed by atoms with E-state index in [-0.39, 0.29) is 29.7 Å². The molecular formula is C24H24N2O6S. The molecule has 1 aromatic heterocycles. The third-order valence-electron chi connectivity index (χ3n) is 5.48. The quantitative estimate of drug-likeness (QED) is 0.597. The number of carbonyl (C=O) groups is 1. The number of carbonyl (C=O) groups excluding carboxylic acids is 1. The molecule has 2 aromatic carbocycles. The van der Waals surface area contributed by atoms with Crippen LogP contribution in [0.25, 0.3) is 0 Å². The maximum absolute atomic E-state index is 13.2. The summed E-state index contributed by atoms with van der Waals surface area (Å²) >= 11 is 0. The molecular weight excluding hydrogens is 444 g/mol. The zero-order valence-corrected chi connectivity index (χ0v) is 19.4. The van der Waals surface area contributed by atoms with Crippen molar-refractivity contribution < 1.29 is 22.7 Å². The van der Waals surface area contributed by atoms with Crippen molar-refractivity contribution in [3.05, 3.63) is 81.3 Å². The highest BCUT2D eigenvalue weighted by Crippen LogP contribution is 2.32. The van der Waals surface area contributed by atoms with E-state index in [9.17, 15) is 18.0 Å². The first-order valence-corrected chi connectivity index (χ1v) is 11.8. The highest BCUT2D eigenvalue weighted by atomic mass is 32.2. The summed E-state index contributed by atoms with van der Waals surface area (Å²) < 4.78 is 38.2. The number of benzene rings is 2. The molecule has 0 spiro atoms. The summed E-state index contributed by atoms with van der Waals surface area (Å²) in [4.78, 5) is 25.5. The Morgan fingerprint density at radius 1 is 1.00 bits per heavy atom. The maximum atomic E-state index is 13.2. The number of fused-ring (bicyclic) bond motifs is 1. The topological polar surface area (TPSA) is 104 Å². The van der Waals surface area contributed by atoms with Crippen LogP contribution in [0.5, 0.6) is 11.5 Å². The molecule has 0 unspecified atom stereocenters. The number of hydrogen-bond acceptors (Lipinski definition) is 6. The van der Waals surface area contributed by atoms with Crippen molar-refractivity contribution in [2.24, 2.45) is 0 Å². The molecule has 8 nitrogen and oxygen atoms in total. The van der Waals surface area contributed by atoms with Crippen LogP contribution in [0.1, 0.15) is 22.4 Å². The smallest absolute Gasteiger partial charge is 0.270 e. The van der Waals surface area contributed by atoms with Crippen LogP contribution in [0, 0.1) is 20.8 Å². The van der Waals surface area contributed by atoms with Gasteiger partial charge >= 0.3 is 0 Å². The molecule has 1 amide bonds. The second kappa shape index (κ2) is 8.74. The molecule has 172 valence electrons. The molecule has 0 atom stereocenters. The molecule has 0 radical (unpaired) electrons. The van der Waals surface area contributed by atoms with Gasteiger partial charge in [-0.05, 0) is 62.2 Å². The average molecular weight is 469 g/mol. The van der Waals surface area contributed by atoms with Crippen molar-refractivity contribution in [3.8, 4) is 11.5 Å². The van der Waals surface area contributed by atoms with E-state index >= 15 is 0 Å². The van der Waals surface area contributed by atoms with E-state index in [4.69, 9.17) is 9.47 Å². The Balaban J connectivity index is 1.57. The molecule has 0 fully saturated rings. The Hall–Kier alpha value is -3.59. The molecule has 0 bridgehead atoms. The summed E-state index contributed by atoms with van der Waals surface area (Å²) in [5, 5.41) is 2.76. The van der Waals surface area contributed by atoms with Crippen LogP contribution in [-0.4, -0.2) is 25.7 Å². The monoisotopic (exact) mass is 468 g/mol. The van der Waals surface area contributed by atoms with E-state index in [1.54, 1.807) is 44.2 Å². The van der Waals surface area contributed by atoms with Gasteiger partial charge in [-0.3, -0.25) is 9.59 Å². The summed E-state index contributed by atoms with van der Waals surface area (Å²) in [6.07, 6.45) is 0. The van der Waals surface area contributed by atoms with Crippen LogP contribution < -0.4 is 20.3 Å². The SMILES string of the molecule is Cc1ccc(S(=O)(=O)c2c(C)cc(C)n(CC(=O)NCc3ccc4c(c3)OCO4)c2=O)cc1. The van der Waals surface area contributed by atoms with Crippen molar-refractivity contribution in [1.82, 2.24) is 9.88 Å². The third kappa shape index (κ3) is 4.49. The standard InChI is InChI=1S/C24H24N2O6S/c1-15-4-7-19(8-5-15)33(29,30)23-16(2)10-17(3)26(24(23)28)13-22(27)25-12-18-6-9-20-21(11-18)32-14-31-20/h4-11H,12-14H2,1-3H3,(H,25,27). The Bertz CT molecular complexity index is 1390. The van der Waals surface area contributed by atoms with Gasteiger partial charge in [-0.2, -0.15) is 0 Å². The van der Waals surface area contributed by atoms with E-state index in [1.807, 2.05) is 13.0 Å². The van der Waals surface area contributed by atoms with Crippen molar-refractivity contribution in [2.75, 3.05) is 6.79 Å². The fourth-order valence-electron chi connectivity index (χ4n) is 3.72. The van der Waals surface area contributed by atoms with Gasteiger partial charge in [0.25, 0.3) is 5.56 Å². The molecule has 1 aliphatic rings. The number of hydrogen-bond donors (Lipinski definition) is 1. The van der Waals surface area contributed by atoms with Crippen molar-refractivity contribution >= 4 is 15.7 Å². The number of rotatable bonds is 6. The lowest BCUT2D eigenvalue weighted by Crippen LogP contribution is -2.35. The lowest BCUT2D eigenvalue weighted by Gasteiger charge is -2.15. The normalized spacial score (nSPS) is 12.6. The lowest BCUT2D eigenvalue weighted by atomic mass is 10.2. The average Bonchev–Trinajstić information content (AvgIpc) is 3.23. The van der Waals surface area contributed by atoms with Crippen LogP contribution in [0.4, 0.5) is 0 Å². The molecule has 0 saturated heterocycles. The molecule has 3 aromatic rings. The highest BCUT2D eigenvalue weighted by molar-refractivity contribution is 7.91. The Morgan fingerprint density at radius 2 is 1.70 bits per heavy atom. The Labute approximate surface area is 191 Å². The minimum absolute atomic E-state index is 0.0379. The molecule has 1 aliphatic heterocycles. The van der Waals surface area contributed by atoms with Gasteiger partial charge in [-0.1, -0.05) is 23.8 Å². The molecule has 1 N–H and O–H groups in total. The highest BCUT2D eigenvalue weighted by Gasteiger charge is 2.26. The molecule has 2 heterocycles. The van der Waals surface area contributed by atoms with Gasteiger partial charge < -0.3 is 19.4 Å². The molecule has 0 aliphatic carbocycles. The summed E-state index contributed by atoms with van der Waals surface area (Å²) in [6.45, 7) is 5.19. The first kappa shape index (κ1) is 22.6. The lowest BCUT2D eigenvalue weighted by molar-refractivity contribution is -0.121. The number of aryl methyl sites for hydroxylation is 3. The van der Waals surface area contributed by atoms with Gasteiger partial charge in [0.05, 0.1) is 4.90 Å². The fraction of sp³-hybridized carbons (Fsp3) is 0.250. The molecule has 9 heteroatoms. The third-order valence-corrected chi connectivity index (χ3v) is 7.40. The van der Waals surface area contributed by atoms with Gasteiger partial charge in [-0.25, -0.2) is 8.42 Å². The Kier molecular flexibility index (Phi) is 5.99. The fourth-order valence-corrected chi connectivity index (χ4v) is 5.27. The van der Waals surface area contributed by atoms with Gasteiger partial charge in [0.15, 0.2) is 11.5 Å². The van der Waals surface area contributed by atoms with E-state index in [1.165, 1.54) is 16.7 Å². The second-order valence-corrected chi connectivity index (χ2v) is 9.86. The largest absolute Gasteiger partial charge is 0.454 e. The molecule has 0 saturated carbocycles. The van der Waals surface area contributed by atoms with E-state index in [2.05, 4.69) is 5.32 Å². The number of sulfone groups is 1. The van der Waals surface area contributed by atoms with E-state index in [0.29, 0.717) is 22.8 Å². The number of ether oxygens (including phenoxy) is 2. The summed E-state index contributed by atoms with van der Waals surface area (Å²) in [5.74, 6) is 0.841. The Morgan fingerprint density at radius 3 is 2.42 bits per heavy atom. The number of aromatic nitrogens is 1. The van der Waals surface area contributed by atoms with Crippen molar-refractivity contribution in [3.63, 3.8) is 0 Å². The minimum atomic E-state index is -4.04. The van der Waals surface area contributed by atoms with E-state index < -0.39 is 21.3 Å². The second-order valence-electron chi connectivity index (χ2n) is 7.97. The van der Waals surface area contributed by atoms with Crippen molar-refractivity contribution in [1.29, 1.82) is 0 Å². The number of nitrogens with one attached hydrogen (secondary N) is 1. The summed E-state index contributed by atoms with van der Waals surface area (Å²) in [6, 6.07) is 13.3. The van der Waals surface area contributed by atoms with E-state index in [0.717, 1.165) is 11.1 Å². The van der Waals surface area contributed by atoms with Gasteiger partial charge in [0, 0.05) is 12.2 Å². The summed E-state index contributed by atoms with van der Waals surface area (Å²) in [5.41, 5.74) is 1.84. The predicted molar refractivity (Wildman–Crippen MR) is 121 cm³/mol.